The summed E-state index contributed by atoms with van der Waals surface area (Å²) in [6.07, 6.45) is 2.95. The maximum atomic E-state index is 11.7. The van der Waals surface area contributed by atoms with Crippen molar-refractivity contribution in [1.29, 1.82) is 0 Å². The molecule has 0 saturated carbocycles. The second-order valence-corrected chi connectivity index (χ2v) is 7.91. The number of hydrogen-bond acceptors (Lipinski definition) is 5. The van der Waals surface area contributed by atoms with Crippen LogP contribution < -0.4 is 10.2 Å². The highest BCUT2D eigenvalue weighted by Gasteiger charge is 2.25. The number of amides is 2. The van der Waals surface area contributed by atoms with E-state index in [0.29, 0.717) is 23.5 Å². The Morgan fingerprint density at radius 3 is 2.68 bits per heavy atom. The van der Waals surface area contributed by atoms with Gasteiger partial charge in [-0.1, -0.05) is 24.3 Å². The third-order valence-electron chi connectivity index (χ3n) is 3.85. The van der Waals surface area contributed by atoms with Gasteiger partial charge in [0.15, 0.2) is 0 Å². The van der Waals surface area contributed by atoms with Gasteiger partial charge in [-0.25, -0.2) is 9.97 Å². The molecule has 3 atom stereocenters. The number of rotatable bonds is 2. The van der Waals surface area contributed by atoms with Crippen LogP contribution in [0.3, 0.4) is 0 Å². The molecule has 2 saturated heterocycles. The number of nitrogens with zero attached hydrogens (tertiary/aromatic N) is 3. The molecule has 2 fully saturated rings. The van der Waals surface area contributed by atoms with Gasteiger partial charge in [-0.2, -0.15) is 0 Å². The van der Waals surface area contributed by atoms with E-state index < -0.39 is 10.5 Å². The molecule has 0 aliphatic carbocycles. The second kappa shape index (κ2) is 6.16. The van der Waals surface area contributed by atoms with E-state index in [1.165, 1.54) is 6.42 Å². The number of carbonyl (C=O) groups excluding carboxylic acids is 2. The first kappa shape index (κ1) is 15.1. The molecule has 118 valence electrons. The third kappa shape index (κ3) is 3.35. The van der Waals surface area contributed by atoms with Crippen molar-refractivity contribution in [2.75, 3.05) is 23.7 Å². The van der Waals surface area contributed by atoms with Gasteiger partial charge in [0.1, 0.15) is 0 Å². The molecule has 1 aromatic heterocycles. The molecule has 2 aliphatic heterocycles. The van der Waals surface area contributed by atoms with Crippen LogP contribution in [0, 0.1) is 11.8 Å². The number of carbonyl (C=O) groups is 2. The Balaban J connectivity index is 1.82. The number of hydrogen-bond donors (Lipinski definition) is 1. The van der Waals surface area contributed by atoms with E-state index in [9.17, 15) is 9.59 Å². The van der Waals surface area contributed by atoms with E-state index in [4.69, 9.17) is 0 Å². The van der Waals surface area contributed by atoms with Crippen molar-refractivity contribution in [1.82, 2.24) is 15.3 Å². The maximum absolute atomic E-state index is 11.7. The lowest BCUT2D eigenvalue weighted by molar-refractivity contribution is -0.117. The number of nitrogens with one attached hydrogen (secondary N) is 1. The summed E-state index contributed by atoms with van der Waals surface area (Å²) in [5, 5.41) is 3.89. The minimum absolute atomic E-state index is 0.211. The minimum Gasteiger partial charge on any atom is -0.340 e. The van der Waals surface area contributed by atoms with Gasteiger partial charge in [0.2, 0.25) is 11.9 Å². The Morgan fingerprint density at radius 2 is 2.05 bits per heavy atom. The Kier molecular flexibility index (Phi) is 4.24. The molecule has 1 aromatic rings. The van der Waals surface area contributed by atoms with Crippen LogP contribution in [-0.4, -0.2) is 45.3 Å². The molecular weight excluding hydrogens is 300 g/mol. The Hall–Kier alpha value is -1.76. The van der Waals surface area contributed by atoms with Crippen LogP contribution in [0.1, 0.15) is 26.0 Å². The summed E-state index contributed by atoms with van der Waals surface area (Å²) in [5.41, 5.74) is 0.712. The van der Waals surface area contributed by atoms with Crippen LogP contribution >= 0.6 is 10.5 Å². The van der Waals surface area contributed by atoms with Crippen LogP contribution in [0.15, 0.2) is 12.3 Å². The standard InChI is InChI=1S/C15H20N4O2S/c1-10-5-11(2)7-19(6-10)14-16-4-3-12(17-14)8-22-9-13(20)18-15(22)21/h3-4,8,10-11H,5-7,9H2,1-2H3,(H,18,20,21). The Morgan fingerprint density at radius 1 is 1.32 bits per heavy atom. The van der Waals surface area contributed by atoms with Crippen molar-refractivity contribution in [2.24, 2.45) is 11.8 Å². The molecule has 3 heterocycles. The largest absolute Gasteiger partial charge is 0.340 e. The number of aromatic nitrogens is 2. The molecule has 0 aromatic carbocycles. The third-order valence-corrected chi connectivity index (χ3v) is 5.52. The molecule has 22 heavy (non-hydrogen) atoms. The summed E-state index contributed by atoms with van der Waals surface area (Å²) < 4.78 is 0. The van der Waals surface area contributed by atoms with Gasteiger partial charge in [0.25, 0.3) is 5.24 Å². The van der Waals surface area contributed by atoms with Crippen LogP contribution in [0.5, 0.6) is 0 Å². The summed E-state index contributed by atoms with van der Waals surface area (Å²) >= 11 is 0. The molecule has 3 unspecified atom stereocenters. The fourth-order valence-electron chi connectivity index (χ4n) is 3.07. The van der Waals surface area contributed by atoms with Crippen molar-refractivity contribution in [2.45, 2.75) is 20.3 Å². The maximum Gasteiger partial charge on any atom is 0.280 e. The summed E-state index contributed by atoms with van der Waals surface area (Å²) in [4.78, 5) is 34.1. The first-order chi connectivity index (χ1) is 10.5. The lowest BCUT2D eigenvalue weighted by Crippen LogP contribution is -2.39. The predicted molar refractivity (Wildman–Crippen MR) is 88.4 cm³/mol. The van der Waals surface area contributed by atoms with Gasteiger partial charge in [-0.3, -0.25) is 14.9 Å². The number of imide groups is 1. The topological polar surface area (TPSA) is 75.2 Å². The van der Waals surface area contributed by atoms with Crippen molar-refractivity contribution < 1.29 is 9.59 Å². The first-order valence-electron chi connectivity index (χ1n) is 7.47. The molecule has 3 rings (SSSR count). The van der Waals surface area contributed by atoms with Crippen molar-refractivity contribution in [3.05, 3.63) is 18.0 Å². The first-order valence-corrected chi connectivity index (χ1v) is 8.93. The second-order valence-electron chi connectivity index (χ2n) is 6.16. The summed E-state index contributed by atoms with van der Waals surface area (Å²) in [6.45, 7) is 6.40. The van der Waals surface area contributed by atoms with E-state index >= 15 is 0 Å². The molecule has 0 bridgehead atoms. The fraction of sp³-hybridized carbons (Fsp3) is 0.533. The van der Waals surface area contributed by atoms with Crippen molar-refractivity contribution in [3.63, 3.8) is 0 Å². The fourth-order valence-corrected chi connectivity index (χ4v) is 4.41. The molecular formula is C15H20N4O2S. The van der Waals surface area contributed by atoms with E-state index in [0.717, 1.165) is 13.1 Å². The highest BCUT2D eigenvalue weighted by atomic mass is 32.2. The molecule has 2 aliphatic rings. The van der Waals surface area contributed by atoms with Gasteiger partial charge in [-0.15, -0.1) is 0 Å². The number of anilines is 1. The van der Waals surface area contributed by atoms with Crippen LogP contribution in [0.25, 0.3) is 0 Å². The molecule has 7 heteroatoms. The minimum atomic E-state index is -0.714. The summed E-state index contributed by atoms with van der Waals surface area (Å²) in [6, 6.07) is 1.78. The highest BCUT2D eigenvalue weighted by Crippen LogP contribution is 2.24. The normalized spacial score (nSPS) is 29.0. The van der Waals surface area contributed by atoms with Crippen LogP contribution in [-0.2, 0) is 4.79 Å². The Labute approximate surface area is 132 Å². The van der Waals surface area contributed by atoms with E-state index in [-0.39, 0.29) is 16.9 Å². The zero-order chi connectivity index (χ0) is 15.7. The van der Waals surface area contributed by atoms with Gasteiger partial charge < -0.3 is 4.90 Å². The highest BCUT2D eigenvalue weighted by molar-refractivity contribution is 8.28. The van der Waals surface area contributed by atoms with Gasteiger partial charge in [0.05, 0.1) is 11.4 Å². The summed E-state index contributed by atoms with van der Waals surface area (Å²) in [7, 11) is -0.714. The van der Waals surface area contributed by atoms with E-state index in [1.54, 1.807) is 17.6 Å². The monoisotopic (exact) mass is 320 g/mol. The van der Waals surface area contributed by atoms with Crippen molar-refractivity contribution in [3.8, 4) is 0 Å². The van der Waals surface area contributed by atoms with Gasteiger partial charge in [-0.05, 0) is 29.7 Å². The Bertz CT molecular complexity index is 636. The van der Waals surface area contributed by atoms with E-state index in [2.05, 4.69) is 34.0 Å². The lowest BCUT2D eigenvalue weighted by atomic mass is 9.92. The number of piperidine rings is 1. The smallest absolute Gasteiger partial charge is 0.280 e. The molecule has 0 spiro atoms. The summed E-state index contributed by atoms with van der Waals surface area (Å²) in [5.74, 6) is 1.98. The van der Waals surface area contributed by atoms with Crippen LogP contribution in [0.4, 0.5) is 10.7 Å². The zero-order valence-corrected chi connectivity index (χ0v) is 13.6. The zero-order valence-electron chi connectivity index (χ0n) is 12.8. The van der Waals surface area contributed by atoms with Crippen molar-refractivity contribution >= 4 is 32.9 Å². The van der Waals surface area contributed by atoms with Gasteiger partial charge in [0, 0.05) is 19.3 Å². The molecule has 1 N–H and O–H groups in total. The molecule has 6 nitrogen and oxygen atoms in total. The molecule has 2 amide bonds. The quantitative estimate of drug-likeness (QED) is 0.838. The van der Waals surface area contributed by atoms with E-state index in [1.807, 2.05) is 0 Å². The van der Waals surface area contributed by atoms with Crippen LogP contribution in [0.2, 0.25) is 0 Å². The SMILES string of the molecule is CC1CC(C)CN(c2nccc(/C=S3/CC(=O)NC3=O)n2)C1. The average Bonchev–Trinajstić information content (AvgIpc) is 2.76. The molecule has 0 radical (unpaired) electrons. The predicted octanol–water partition coefficient (Wildman–Crippen LogP) is 1.63. The average molecular weight is 320 g/mol. The lowest BCUT2D eigenvalue weighted by Gasteiger charge is -2.34. The van der Waals surface area contributed by atoms with Gasteiger partial charge >= 0.3 is 0 Å².